The number of fused-ring (bicyclic) bond motifs is 1. The quantitative estimate of drug-likeness (QED) is 0.915. The summed E-state index contributed by atoms with van der Waals surface area (Å²) < 4.78 is 10.9. The van der Waals surface area contributed by atoms with Gasteiger partial charge in [-0.15, -0.1) is 0 Å². The second-order valence-electron chi connectivity index (χ2n) is 5.50. The van der Waals surface area contributed by atoms with E-state index in [9.17, 15) is 0 Å². The van der Waals surface area contributed by atoms with Crippen LogP contribution < -0.4 is 15.2 Å². The predicted molar refractivity (Wildman–Crippen MR) is 83.7 cm³/mol. The van der Waals surface area contributed by atoms with Gasteiger partial charge < -0.3 is 15.2 Å². The molecule has 2 aromatic carbocycles. The zero-order chi connectivity index (χ0) is 14.7. The second-order valence-corrected chi connectivity index (χ2v) is 5.50. The van der Waals surface area contributed by atoms with Crippen molar-refractivity contribution in [3.8, 4) is 11.5 Å². The molecule has 0 bridgehead atoms. The fourth-order valence-electron chi connectivity index (χ4n) is 2.99. The van der Waals surface area contributed by atoms with E-state index in [0.717, 1.165) is 24.3 Å². The molecule has 0 saturated carbocycles. The summed E-state index contributed by atoms with van der Waals surface area (Å²) in [6, 6.07) is 16.3. The van der Waals surface area contributed by atoms with Gasteiger partial charge in [0, 0.05) is 6.04 Å². The van der Waals surface area contributed by atoms with E-state index < -0.39 is 0 Å². The van der Waals surface area contributed by atoms with Crippen molar-refractivity contribution >= 4 is 0 Å². The summed E-state index contributed by atoms with van der Waals surface area (Å²) in [5.74, 6) is 2.19. The molecular formula is C18H21NO2. The summed E-state index contributed by atoms with van der Waals surface area (Å²) >= 11 is 0. The molecule has 3 rings (SSSR count). The number of nitrogens with two attached hydrogens (primary N) is 1. The number of ether oxygens (including phenoxy) is 2. The summed E-state index contributed by atoms with van der Waals surface area (Å²) in [5, 5.41) is 0. The maximum absolute atomic E-state index is 6.34. The number of methoxy groups -OCH3 is 1. The molecule has 0 saturated heterocycles. The molecule has 0 aliphatic heterocycles. The molecule has 0 radical (unpaired) electrons. The molecule has 2 unspecified atom stereocenters. The third-order valence-electron chi connectivity index (χ3n) is 4.22. The van der Waals surface area contributed by atoms with E-state index in [1.165, 1.54) is 11.1 Å². The first-order valence-corrected chi connectivity index (χ1v) is 7.38. The normalized spacial score (nSPS) is 20.1. The minimum Gasteiger partial charge on any atom is -0.497 e. The first-order chi connectivity index (χ1) is 10.3. The third kappa shape index (κ3) is 3.03. The topological polar surface area (TPSA) is 44.5 Å². The third-order valence-corrected chi connectivity index (χ3v) is 4.22. The Morgan fingerprint density at radius 2 is 1.76 bits per heavy atom. The maximum atomic E-state index is 6.34. The van der Waals surface area contributed by atoms with E-state index in [2.05, 4.69) is 24.3 Å². The van der Waals surface area contributed by atoms with Crippen molar-refractivity contribution in [1.82, 2.24) is 0 Å². The SMILES string of the molecule is COc1ccc(OCCC2Cc3ccccc3C2N)cc1. The van der Waals surface area contributed by atoms with Crippen molar-refractivity contribution < 1.29 is 9.47 Å². The maximum Gasteiger partial charge on any atom is 0.119 e. The van der Waals surface area contributed by atoms with Crippen LogP contribution in [0.2, 0.25) is 0 Å². The molecule has 0 aromatic heterocycles. The van der Waals surface area contributed by atoms with Crippen LogP contribution in [0.1, 0.15) is 23.6 Å². The van der Waals surface area contributed by atoms with Crippen LogP contribution in [-0.2, 0) is 6.42 Å². The van der Waals surface area contributed by atoms with Crippen molar-refractivity contribution in [3.63, 3.8) is 0 Å². The summed E-state index contributed by atoms with van der Waals surface area (Å²) in [5.41, 5.74) is 9.02. The van der Waals surface area contributed by atoms with Gasteiger partial charge in [0.25, 0.3) is 0 Å². The molecule has 0 spiro atoms. The molecule has 3 heteroatoms. The second kappa shape index (κ2) is 6.19. The highest BCUT2D eigenvalue weighted by Crippen LogP contribution is 2.36. The zero-order valence-corrected chi connectivity index (χ0v) is 12.3. The van der Waals surface area contributed by atoms with Crippen molar-refractivity contribution in [3.05, 3.63) is 59.7 Å². The van der Waals surface area contributed by atoms with E-state index in [1.807, 2.05) is 24.3 Å². The lowest BCUT2D eigenvalue weighted by Crippen LogP contribution is -2.19. The molecule has 110 valence electrons. The minimum absolute atomic E-state index is 0.140. The van der Waals surface area contributed by atoms with Crippen LogP contribution in [0.4, 0.5) is 0 Å². The summed E-state index contributed by atoms with van der Waals surface area (Å²) in [7, 11) is 1.66. The monoisotopic (exact) mass is 283 g/mol. The Hall–Kier alpha value is -2.00. The van der Waals surface area contributed by atoms with Gasteiger partial charge in [0.15, 0.2) is 0 Å². The molecular weight excluding hydrogens is 262 g/mol. The molecule has 2 N–H and O–H groups in total. The van der Waals surface area contributed by atoms with E-state index >= 15 is 0 Å². The van der Waals surface area contributed by atoms with E-state index in [0.29, 0.717) is 12.5 Å². The Balaban J connectivity index is 1.52. The highest BCUT2D eigenvalue weighted by atomic mass is 16.5. The van der Waals surface area contributed by atoms with Crippen LogP contribution in [0.3, 0.4) is 0 Å². The summed E-state index contributed by atoms with van der Waals surface area (Å²) in [6.45, 7) is 0.693. The highest BCUT2D eigenvalue weighted by molar-refractivity contribution is 5.35. The Morgan fingerprint density at radius 3 is 2.48 bits per heavy atom. The van der Waals surface area contributed by atoms with Crippen LogP contribution in [0.15, 0.2) is 48.5 Å². The van der Waals surface area contributed by atoms with Gasteiger partial charge in [-0.1, -0.05) is 24.3 Å². The number of rotatable bonds is 5. The standard InChI is InChI=1S/C18H21NO2/c1-20-15-6-8-16(9-7-15)21-11-10-14-12-13-4-2-3-5-17(13)18(14)19/h2-9,14,18H,10-12,19H2,1H3. The zero-order valence-electron chi connectivity index (χ0n) is 12.3. The van der Waals surface area contributed by atoms with Gasteiger partial charge in [0.2, 0.25) is 0 Å². The summed E-state index contributed by atoms with van der Waals surface area (Å²) in [6.07, 6.45) is 2.03. The van der Waals surface area contributed by atoms with Gasteiger partial charge >= 0.3 is 0 Å². The molecule has 0 fully saturated rings. The average Bonchev–Trinajstić information content (AvgIpc) is 2.85. The lowest BCUT2D eigenvalue weighted by molar-refractivity contribution is 0.267. The number of benzene rings is 2. The van der Waals surface area contributed by atoms with Crippen LogP contribution in [0, 0.1) is 5.92 Å². The van der Waals surface area contributed by atoms with Gasteiger partial charge in [0.05, 0.1) is 13.7 Å². The Labute approximate surface area is 125 Å². The van der Waals surface area contributed by atoms with Crippen molar-refractivity contribution in [2.75, 3.05) is 13.7 Å². The fourth-order valence-corrected chi connectivity index (χ4v) is 2.99. The molecule has 1 aliphatic rings. The van der Waals surface area contributed by atoms with Crippen LogP contribution in [0.25, 0.3) is 0 Å². The Morgan fingerprint density at radius 1 is 1.05 bits per heavy atom. The van der Waals surface area contributed by atoms with E-state index in [4.69, 9.17) is 15.2 Å². The predicted octanol–water partition coefficient (Wildman–Crippen LogP) is 3.34. The van der Waals surface area contributed by atoms with Gasteiger partial charge in [-0.05, 0) is 54.2 Å². The molecule has 21 heavy (non-hydrogen) atoms. The van der Waals surface area contributed by atoms with Gasteiger partial charge in [-0.3, -0.25) is 0 Å². The van der Waals surface area contributed by atoms with Gasteiger partial charge in [-0.2, -0.15) is 0 Å². The smallest absolute Gasteiger partial charge is 0.119 e. The molecule has 0 heterocycles. The minimum atomic E-state index is 0.140. The summed E-state index contributed by atoms with van der Waals surface area (Å²) in [4.78, 5) is 0. The molecule has 0 amide bonds. The van der Waals surface area contributed by atoms with Crippen molar-refractivity contribution in [2.45, 2.75) is 18.9 Å². The lowest BCUT2D eigenvalue weighted by Gasteiger charge is -2.16. The van der Waals surface area contributed by atoms with E-state index in [-0.39, 0.29) is 6.04 Å². The fraction of sp³-hybridized carbons (Fsp3) is 0.333. The van der Waals surface area contributed by atoms with Gasteiger partial charge in [-0.25, -0.2) is 0 Å². The number of hydrogen-bond donors (Lipinski definition) is 1. The Bertz CT molecular complexity index is 594. The van der Waals surface area contributed by atoms with Crippen LogP contribution >= 0.6 is 0 Å². The first-order valence-electron chi connectivity index (χ1n) is 7.38. The molecule has 2 aromatic rings. The first kappa shape index (κ1) is 14.0. The van der Waals surface area contributed by atoms with Crippen LogP contribution in [0.5, 0.6) is 11.5 Å². The lowest BCUT2D eigenvalue weighted by atomic mass is 9.98. The molecule has 3 nitrogen and oxygen atoms in total. The highest BCUT2D eigenvalue weighted by Gasteiger charge is 2.28. The van der Waals surface area contributed by atoms with Crippen LogP contribution in [-0.4, -0.2) is 13.7 Å². The molecule has 1 aliphatic carbocycles. The molecule has 2 atom stereocenters. The Kier molecular flexibility index (Phi) is 4.11. The number of hydrogen-bond acceptors (Lipinski definition) is 3. The van der Waals surface area contributed by atoms with Gasteiger partial charge in [0.1, 0.15) is 11.5 Å². The largest absolute Gasteiger partial charge is 0.497 e. The average molecular weight is 283 g/mol. The van der Waals surface area contributed by atoms with Crippen molar-refractivity contribution in [1.29, 1.82) is 0 Å². The van der Waals surface area contributed by atoms with E-state index in [1.54, 1.807) is 7.11 Å². The van der Waals surface area contributed by atoms with Crippen molar-refractivity contribution in [2.24, 2.45) is 11.7 Å².